The molecular formula is C13H15ClN4O. The number of methoxy groups -OCH3 is 1. The Hall–Kier alpha value is -1.85. The van der Waals surface area contributed by atoms with Crippen LogP contribution >= 0.6 is 11.6 Å². The molecule has 0 atom stereocenters. The molecule has 2 rings (SSSR count). The van der Waals surface area contributed by atoms with Crippen LogP contribution in [0.25, 0.3) is 0 Å². The van der Waals surface area contributed by atoms with Crippen molar-refractivity contribution in [2.45, 2.75) is 6.61 Å². The molecule has 0 aliphatic rings. The molecule has 5 nitrogen and oxygen atoms in total. The molecule has 0 saturated carbocycles. The summed E-state index contributed by atoms with van der Waals surface area (Å²) < 4.78 is 5.05. The molecule has 100 valence electrons. The monoisotopic (exact) mass is 278 g/mol. The van der Waals surface area contributed by atoms with E-state index in [9.17, 15) is 0 Å². The number of rotatable bonds is 5. The van der Waals surface area contributed by atoms with Crippen molar-refractivity contribution in [2.75, 3.05) is 24.8 Å². The van der Waals surface area contributed by atoms with Crippen LogP contribution in [0, 0.1) is 0 Å². The van der Waals surface area contributed by atoms with Gasteiger partial charge in [-0.2, -0.15) is 0 Å². The average molecular weight is 279 g/mol. The van der Waals surface area contributed by atoms with Gasteiger partial charge in [0.15, 0.2) is 5.82 Å². The van der Waals surface area contributed by atoms with Crippen LogP contribution < -0.4 is 10.6 Å². The van der Waals surface area contributed by atoms with Crippen LogP contribution in [0.3, 0.4) is 0 Å². The van der Waals surface area contributed by atoms with Crippen LogP contribution in [0.15, 0.2) is 30.3 Å². The second-order valence-electron chi connectivity index (χ2n) is 3.87. The summed E-state index contributed by atoms with van der Waals surface area (Å²) in [6.07, 6.45) is 0. The first-order valence-corrected chi connectivity index (χ1v) is 6.16. The number of ether oxygens (including phenoxy) is 1. The summed E-state index contributed by atoms with van der Waals surface area (Å²) in [5, 5.41) is 6.89. The molecule has 0 unspecified atom stereocenters. The number of halogens is 1. The van der Waals surface area contributed by atoms with Gasteiger partial charge < -0.3 is 15.4 Å². The summed E-state index contributed by atoms with van der Waals surface area (Å²) in [5.74, 6) is 2.05. The standard InChI is InChI=1S/C13H15ClN4O/c1-15-11-7-12(18-13(17-11)8-19-2)16-10-5-3-9(14)4-6-10/h3-7H,8H2,1-2H3,(H2,15,16,17,18). The summed E-state index contributed by atoms with van der Waals surface area (Å²) in [6.45, 7) is 0.366. The first-order chi connectivity index (χ1) is 9.21. The predicted octanol–water partition coefficient (Wildman–Crippen LogP) is 3.06. The zero-order chi connectivity index (χ0) is 13.7. The van der Waals surface area contributed by atoms with E-state index in [0.717, 1.165) is 11.5 Å². The number of hydrogen-bond donors (Lipinski definition) is 2. The third-order valence-corrected chi connectivity index (χ3v) is 2.67. The van der Waals surface area contributed by atoms with Crippen LogP contribution in [0.5, 0.6) is 0 Å². The lowest BCUT2D eigenvalue weighted by molar-refractivity contribution is 0.178. The molecule has 0 bridgehead atoms. The first kappa shape index (κ1) is 13.6. The second-order valence-corrected chi connectivity index (χ2v) is 4.31. The molecule has 0 aliphatic carbocycles. The van der Waals surface area contributed by atoms with Gasteiger partial charge in [0.05, 0.1) is 0 Å². The molecule has 2 aromatic rings. The molecule has 6 heteroatoms. The maximum absolute atomic E-state index is 5.85. The summed E-state index contributed by atoms with van der Waals surface area (Å²) >= 11 is 5.85. The van der Waals surface area contributed by atoms with Crippen molar-refractivity contribution in [1.29, 1.82) is 0 Å². The van der Waals surface area contributed by atoms with E-state index in [1.807, 2.05) is 37.4 Å². The molecule has 0 fully saturated rings. The summed E-state index contributed by atoms with van der Waals surface area (Å²) in [7, 11) is 3.42. The third kappa shape index (κ3) is 3.81. The molecule has 1 aromatic carbocycles. The molecule has 0 saturated heterocycles. The molecule has 0 spiro atoms. The van der Waals surface area contributed by atoms with Crippen LogP contribution in [0.2, 0.25) is 5.02 Å². The minimum absolute atomic E-state index is 0.366. The SMILES string of the molecule is CNc1cc(Nc2ccc(Cl)cc2)nc(COC)n1. The number of anilines is 3. The summed E-state index contributed by atoms with van der Waals surface area (Å²) in [4.78, 5) is 8.66. The van der Waals surface area contributed by atoms with Gasteiger partial charge in [0, 0.05) is 30.9 Å². The van der Waals surface area contributed by atoms with E-state index in [1.165, 1.54) is 0 Å². The lowest BCUT2D eigenvalue weighted by Gasteiger charge is -2.09. The molecule has 0 radical (unpaired) electrons. The first-order valence-electron chi connectivity index (χ1n) is 5.78. The minimum atomic E-state index is 0.366. The molecule has 0 aliphatic heterocycles. The van der Waals surface area contributed by atoms with Crippen molar-refractivity contribution in [3.8, 4) is 0 Å². The maximum Gasteiger partial charge on any atom is 0.158 e. The topological polar surface area (TPSA) is 59.1 Å². The van der Waals surface area contributed by atoms with E-state index in [0.29, 0.717) is 23.3 Å². The van der Waals surface area contributed by atoms with Gasteiger partial charge >= 0.3 is 0 Å². The average Bonchev–Trinajstić information content (AvgIpc) is 2.41. The normalized spacial score (nSPS) is 10.3. The molecule has 19 heavy (non-hydrogen) atoms. The Labute approximate surface area is 117 Å². The van der Waals surface area contributed by atoms with E-state index in [4.69, 9.17) is 16.3 Å². The Morgan fingerprint density at radius 2 is 1.84 bits per heavy atom. The molecule has 0 amide bonds. The summed E-state index contributed by atoms with van der Waals surface area (Å²) in [5.41, 5.74) is 0.911. The highest BCUT2D eigenvalue weighted by Gasteiger charge is 2.04. The van der Waals surface area contributed by atoms with Crippen molar-refractivity contribution in [2.24, 2.45) is 0 Å². The minimum Gasteiger partial charge on any atom is -0.377 e. The number of nitrogens with one attached hydrogen (secondary N) is 2. The highest BCUT2D eigenvalue weighted by molar-refractivity contribution is 6.30. The molecule has 1 heterocycles. The van der Waals surface area contributed by atoms with Crippen molar-refractivity contribution in [1.82, 2.24) is 9.97 Å². The number of nitrogens with zero attached hydrogens (tertiary/aromatic N) is 2. The Bertz CT molecular complexity index is 545. The van der Waals surface area contributed by atoms with Gasteiger partial charge in [0.2, 0.25) is 0 Å². The quantitative estimate of drug-likeness (QED) is 0.880. The van der Waals surface area contributed by atoms with Gasteiger partial charge in [0.1, 0.15) is 18.2 Å². The van der Waals surface area contributed by atoms with Crippen molar-refractivity contribution < 1.29 is 4.74 Å². The Morgan fingerprint density at radius 1 is 1.16 bits per heavy atom. The zero-order valence-corrected chi connectivity index (χ0v) is 11.5. The lowest BCUT2D eigenvalue weighted by Crippen LogP contribution is -2.04. The maximum atomic E-state index is 5.85. The van der Waals surface area contributed by atoms with Crippen LogP contribution in [-0.4, -0.2) is 24.1 Å². The van der Waals surface area contributed by atoms with Gasteiger partial charge in [-0.1, -0.05) is 11.6 Å². The van der Waals surface area contributed by atoms with Crippen molar-refractivity contribution >= 4 is 28.9 Å². The van der Waals surface area contributed by atoms with E-state index in [-0.39, 0.29) is 0 Å². The van der Waals surface area contributed by atoms with E-state index in [2.05, 4.69) is 20.6 Å². The largest absolute Gasteiger partial charge is 0.377 e. The van der Waals surface area contributed by atoms with Gasteiger partial charge in [-0.15, -0.1) is 0 Å². The number of hydrogen-bond acceptors (Lipinski definition) is 5. The number of aromatic nitrogens is 2. The molecule has 1 aromatic heterocycles. The lowest BCUT2D eigenvalue weighted by atomic mass is 10.3. The fraction of sp³-hybridized carbons (Fsp3) is 0.231. The number of benzene rings is 1. The third-order valence-electron chi connectivity index (χ3n) is 2.42. The van der Waals surface area contributed by atoms with Gasteiger partial charge in [-0.25, -0.2) is 9.97 Å². The highest BCUT2D eigenvalue weighted by atomic mass is 35.5. The van der Waals surface area contributed by atoms with Crippen molar-refractivity contribution in [3.05, 3.63) is 41.2 Å². The smallest absolute Gasteiger partial charge is 0.158 e. The highest BCUT2D eigenvalue weighted by Crippen LogP contribution is 2.19. The van der Waals surface area contributed by atoms with E-state index >= 15 is 0 Å². The van der Waals surface area contributed by atoms with Crippen LogP contribution in [0.1, 0.15) is 5.82 Å². The second kappa shape index (κ2) is 6.36. The fourth-order valence-corrected chi connectivity index (χ4v) is 1.69. The Balaban J connectivity index is 2.23. The van der Waals surface area contributed by atoms with Gasteiger partial charge in [-0.05, 0) is 24.3 Å². The Kier molecular flexibility index (Phi) is 4.54. The summed E-state index contributed by atoms with van der Waals surface area (Å²) in [6, 6.07) is 9.24. The molecular weight excluding hydrogens is 264 g/mol. The van der Waals surface area contributed by atoms with Gasteiger partial charge in [-0.3, -0.25) is 0 Å². The van der Waals surface area contributed by atoms with Gasteiger partial charge in [0.25, 0.3) is 0 Å². The van der Waals surface area contributed by atoms with E-state index < -0.39 is 0 Å². The van der Waals surface area contributed by atoms with Crippen LogP contribution in [-0.2, 0) is 11.3 Å². The predicted molar refractivity (Wildman–Crippen MR) is 77.0 cm³/mol. The van der Waals surface area contributed by atoms with Crippen LogP contribution in [0.4, 0.5) is 17.3 Å². The Morgan fingerprint density at radius 3 is 2.47 bits per heavy atom. The fourth-order valence-electron chi connectivity index (χ4n) is 1.56. The zero-order valence-electron chi connectivity index (χ0n) is 10.8. The van der Waals surface area contributed by atoms with E-state index in [1.54, 1.807) is 7.11 Å². The van der Waals surface area contributed by atoms with Crippen molar-refractivity contribution in [3.63, 3.8) is 0 Å². The molecule has 2 N–H and O–H groups in total.